The highest BCUT2D eigenvalue weighted by molar-refractivity contribution is 5.44. The third kappa shape index (κ3) is 3.96. The highest BCUT2D eigenvalue weighted by Gasteiger charge is 1.98. The maximum Gasteiger partial charge on any atom is 0.127 e. The van der Waals surface area contributed by atoms with Crippen LogP contribution in [0.4, 0.5) is 5.82 Å². The van der Waals surface area contributed by atoms with Crippen molar-refractivity contribution in [2.24, 2.45) is 0 Å². The van der Waals surface area contributed by atoms with E-state index < -0.39 is 0 Å². The van der Waals surface area contributed by atoms with Crippen molar-refractivity contribution in [1.82, 2.24) is 4.98 Å². The molecule has 0 unspecified atom stereocenters. The maximum absolute atomic E-state index is 8.77. The minimum atomic E-state index is 0.636. The number of hydrogen-bond acceptors (Lipinski definition) is 4. The molecular formula is C11H15N3O. The molecule has 0 aliphatic carbocycles. The fourth-order valence-corrected chi connectivity index (χ4v) is 1.26. The first-order valence-corrected chi connectivity index (χ1v) is 4.88. The zero-order valence-corrected chi connectivity index (χ0v) is 9.08. The number of anilines is 1. The Bertz CT molecular complexity index is 357. The highest BCUT2D eigenvalue weighted by atomic mass is 16.5. The van der Waals surface area contributed by atoms with Crippen LogP contribution in [0.15, 0.2) is 12.1 Å². The van der Waals surface area contributed by atoms with E-state index in [0.29, 0.717) is 5.56 Å². The maximum atomic E-state index is 8.77. The Morgan fingerprint density at radius 3 is 3.00 bits per heavy atom. The van der Waals surface area contributed by atoms with Crippen molar-refractivity contribution in [3.63, 3.8) is 0 Å². The zero-order valence-electron chi connectivity index (χ0n) is 9.08. The van der Waals surface area contributed by atoms with E-state index in [-0.39, 0.29) is 0 Å². The Balaban J connectivity index is 2.54. The van der Waals surface area contributed by atoms with Crippen molar-refractivity contribution in [3.05, 3.63) is 23.4 Å². The van der Waals surface area contributed by atoms with Gasteiger partial charge in [-0.2, -0.15) is 5.26 Å². The summed E-state index contributed by atoms with van der Waals surface area (Å²) in [5.74, 6) is 0.752. The first-order valence-electron chi connectivity index (χ1n) is 4.88. The Morgan fingerprint density at radius 2 is 2.33 bits per heavy atom. The second-order valence-electron chi connectivity index (χ2n) is 3.27. The number of nitrogens with one attached hydrogen (secondary N) is 1. The van der Waals surface area contributed by atoms with Crippen LogP contribution in [0.3, 0.4) is 0 Å². The molecule has 4 nitrogen and oxygen atoms in total. The van der Waals surface area contributed by atoms with E-state index in [1.165, 1.54) is 0 Å². The second-order valence-corrected chi connectivity index (χ2v) is 3.27. The smallest absolute Gasteiger partial charge is 0.127 e. The zero-order chi connectivity index (χ0) is 11.1. The van der Waals surface area contributed by atoms with Crippen LogP contribution in [0.25, 0.3) is 0 Å². The molecule has 0 spiro atoms. The van der Waals surface area contributed by atoms with Gasteiger partial charge in [-0.3, -0.25) is 0 Å². The summed E-state index contributed by atoms with van der Waals surface area (Å²) in [4.78, 5) is 4.28. The van der Waals surface area contributed by atoms with Gasteiger partial charge in [-0.25, -0.2) is 4.98 Å². The number of hydrogen-bond donors (Lipinski definition) is 1. The van der Waals surface area contributed by atoms with Gasteiger partial charge < -0.3 is 10.1 Å². The predicted octanol–water partition coefficient (Wildman–Crippen LogP) is 1.71. The number of aryl methyl sites for hydroxylation is 1. The summed E-state index contributed by atoms with van der Waals surface area (Å²) in [6, 6.07) is 5.62. The number of nitriles is 1. The predicted molar refractivity (Wildman–Crippen MR) is 58.7 cm³/mol. The number of aromatic nitrogens is 1. The number of pyridine rings is 1. The van der Waals surface area contributed by atoms with E-state index in [4.69, 9.17) is 10.00 Å². The summed E-state index contributed by atoms with van der Waals surface area (Å²) in [5.41, 5.74) is 1.49. The SMILES string of the molecule is COCCCNc1cc(C#N)cc(C)n1. The molecule has 0 radical (unpaired) electrons. The Morgan fingerprint density at radius 1 is 1.53 bits per heavy atom. The van der Waals surface area contributed by atoms with Crippen LogP contribution in [0.5, 0.6) is 0 Å². The van der Waals surface area contributed by atoms with Crippen molar-refractivity contribution in [2.75, 3.05) is 25.6 Å². The molecule has 15 heavy (non-hydrogen) atoms. The van der Waals surface area contributed by atoms with E-state index in [1.807, 2.05) is 6.92 Å². The third-order valence-corrected chi connectivity index (χ3v) is 1.91. The van der Waals surface area contributed by atoms with E-state index >= 15 is 0 Å². The summed E-state index contributed by atoms with van der Waals surface area (Å²) in [5, 5.41) is 11.9. The van der Waals surface area contributed by atoms with Gasteiger partial charge in [-0.15, -0.1) is 0 Å². The molecule has 0 atom stereocenters. The topological polar surface area (TPSA) is 57.9 Å². The van der Waals surface area contributed by atoms with Gasteiger partial charge in [0.25, 0.3) is 0 Å². The summed E-state index contributed by atoms with van der Waals surface area (Å²) >= 11 is 0. The fourth-order valence-electron chi connectivity index (χ4n) is 1.26. The minimum absolute atomic E-state index is 0.636. The lowest BCUT2D eigenvalue weighted by molar-refractivity contribution is 0.198. The number of rotatable bonds is 5. The molecule has 80 valence electrons. The van der Waals surface area contributed by atoms with Crippen LogP contribution in [-0.2, 0) is 4.74 Å². The Labute approximate surface area is 89.9 Å². The van der Waals surface area contributed by atoms with E-state index in [2.05, 4.69) is 16.4 Å². The summed E-state index contributed by atoms with van der Waals surface area (Å²) < 4.78 is 4.94. The van der Waals surface area contributed by atoms with E-state index in [9.17, 15) is 0 Å². The third-order valence-electron chi connectivity index (χ3n) is 1.91. The van der Waals surface area contributed by atoms with Crippen LogP contribution in [-0.4, -0.2) is 25.2 Å². The molecule has 0 saturated heterocycles. The van der Waals surface area contributed by atoms with Gasteiger partial charge >= 0.3 is 0 Å². The Kier molecular flexibility index (Phi) is 4.58. The number of ether oxygens (including phenoxy) is 1. The molecule has 1 N–H and O–H groups in total. The van der Waals surface area contributed by atoms with Gasteiger partial charge in [0.1, 0.15) is 5.82 Å². The summed E-state index contributed by atoms with van der Waals surface area (Å²) in [6.07, 6.45) is 0.925. The van der Waals surface area contributed by atoms with Crippen molar-refractivity contribution >= 4 is 5.82 Å². The Hall–Kier alpha value is -1.60. The first-order chi connectivity index (χ1) is 7.26. The van der Waals surface area contributed by atoms with Gasteiger partial charge in [0.2, 0.25) is 0 Å². The molecule has 1 aromatic heterocycles. The van der Waals surface area contributed by atoms with Gasteiger partial charge in [0.15, 0.2) is 0 Å². The van der Waals surface area contributed by atoms with Crippen molar-refractivity contribution < 1.29 is 4.74 Å². The van der Waals surface area contributed by atoms with E-state index in [0.717, 1.165) is 31.1 Å². The van der Waals surface area contributed by atoms with Gasteiger partial charge in [0.05, 0.1) is 11.6 Å². The molecule has 0 saturated carbocycles. The molecule has 0 aliphatic heterocycles. The molecule has 0 bridgehead atoms. The molecule has 0 aromatic carbocycles. The molecule has 0 amide bonds. The minimum Gasteiger partial charge on any atom is -0.385 e. The van der Waals surface area contributed by atoms with Gasteiger partial charge in [0, 0.05) is 26.0 Å². The standard InChI is InChI=1S/C11H15N3O/c1-9-6-10(8-12)7-11(14-9)13-4-3-5-15-2/h6-7H,3-5H2,1-2H3,(H,13,14). The van der Waals surface area contributed by atoms with Crippen LogP contribution < -0.4 is 5.32 Å². The molecular weight excluding hydrogens is 190 g/mol. The fraction of sp³-hybridized carbons (Fsp3) is 0.455. The average molecular weight is 205 g/mol. The molecule has 4 heteroatoms. The van der Waals surface area contributed by atoms with Crippen molar-refractivity contribution in [1.29, 1.82) is 5.26 Å². The first kappa shape index (κ1) is 11.5. The van der Waals surface area contributed by atoms with Crippen LogP contribution in [0, 0.1) is 18.3 Å². The average Bonchev–Trinajstić information content (AvgIpc) is 2.23. The summed E-state index contributed by atoms with van der Waals surface area (Å²) in [7, 11) is 1.68. The van der Waals surface area contributed by atoms with Crippen molar-refractivity contribution in [2.45, 2.75) is 13.3 Å². The number of methoxy groups -OCH3 is 1. The normalized spacial score (nSPS) is 9.67. The molecule has 1 heterocycles. The van der Waals surface area contributed by atoms with Crippen LogP contribution >= 0.6 is 0 Å². The second kappa shape index (κ2) is 5.99. The quantitative estimate of drug-likeness (QED) is 0.743. The van der Waals surface area contributed by atoms with Crippen LogP contribution in [0.1, 0.15) is 17.7 Å². The monoisotopic (exact) mass is 205 g/mol. The molecule has 0 aliphatic rings. The lowest BCUT2D eigenvalue weighted by Gasteiger charge is -2.06. The summed E-state index contributed by atoms with van der Waals surface area (Å²) in [6.45, 7) is 3.40. The van der Waals surface area contributed by atoms with E-state index in [1.54, 1.807) is 19.2 Å². The largest absolute Gasteiger partial charge is 0.385 e. The lowest BCUT2D eigenvalue weighted by atomic mass is 10.2. The van der Waals surface area contributed by atoms with Crippen molar-refractivity contribution in [3.8, 4) is 6.07 Å². The van der Waals surface area contributed by atoms with Crippen LogP contribution in [0.2, 0.25) is 0 Å². The molecule has 0 fully saturated rings. The highest BCUT2D eigenvalue weighted by Crippen LogP contribution is 2.08. The lowest BCUT2D eigenvalue weighted by Crippen LogP contribution is -2.06. The van der Waals surface area contributed by atoms with Gasteiger partial charge in [-0.05, 0) is 25.5 Å². The molecule has 1 aromatic rings. The molecule has 1 rings (SSSR count). The number of nitrogens with zero attached hydrogens (tertiary/aromatic N) is 2. The van der Waals surface area contributed by atoms with Gasteiger partial charge in [-0.1, -0.05) is 0 Å².